The van der Waals surface area contributed by atoms with Crippen LogP contribution in [0.25, 0.3) is 0 Å². The molecule has 9 heteroatoms. The predicted octanol–water partition coefficient (Wildman–Crippen LogP) is 2.34. The molecule has 0 N–H and O–H groups in total. The number of nitrogens with zero attached hydrogens (tertiary/aromatic N) is 4. The minimum Gasteiger partial charge on any atom is -0.493 e. The van der Waals surface area contributed by atoms with E-state index in [4.69, 9.17) is 9.47 Å². The topological polar surface area (TPSA) is 83.8 Å². The number of halogens is 1. The molecule has 0 unspecified atom stereocenters. The van der Waals surface area contributed by atoms with Crippen LogP contribution in [0.3, 0.4) is 0 Å². The van der Waals surface area contributed by atoms with Crippen LogP contribution in [-0.4, -0.2) is 43.1 Å². The molecule has 28 heavy (non-hydrogen) atoms. The summed E-state index contributed by atoms with van der Waals surface area (Å²) in [5.41, 5.74) is 0.718. The highest BCUT2D eigenvalue weighted by molar-refractivity contribution is 6.25. The third-order valence-electron chi connectivity index (χ3n) is 4.77. The van der Waals surface area contributed by atoms with E-state index in [0.717, 1.165) is 4.90 Å². The van der Waals surface area contributed by atoms with Crippen LogP contribution in [0.4, 0.5) is 10.1 Å². The molecule has 1 fully saturated rings. The Morgan fingerprint density at radius 3 is 2.50 bits per heavy atom. The summed E-state index contributed by atoms with van der Waals surface area (Å²) in [6.45, 7) is 0.0378. The summed E-state index contributed by atoms with van der Waals surface area (Å²) < 4.78 is 24.4. The van der Waals surface area contributed by atoms with Crippen molar-refractivity contribution in [2.75, 3.05) is 19.1 Å². The van der Waals surface area contributed by atoms with E-state index in [9.17, 15) is 14.0 Å². The highest BCUT2D eigenvalue weighted by atomic mass is 19.1. The molecule has 0 saturated carbocycles. The second-order valence-electron chi connectivity index (χ2n) is 6.33. The van der Waals surface area contributed by atoms with Gasteiger partial charge in [0.1, 0.15) is 5.82 Å². The van der Waals surface area contributed by atoms with E-state index in [0.29, 0.717) is 22.7 Å². The number of benzene rings is 2. The number of hydrogen-bond acceptors (Lipinski definition) is 7. The number of ether oxygens (including phenoxy) is 2. The Kier molecular flexibility index (Phi) is 4.42. The van der Waals surface area contributed by atoms with Gasteiger partial charge in [0.2, 0.25) is 0 Å². The summed E-state index contributed by atoms with van der Waals surface area (Å²) in [7, 11) is 2.96. The Morgan fingerprint density at radius 1 is 1.04 bits per heavy atom. The minimum atomic E-state index is -0.952. The Bertz CT molecular complexity index is 980. The zero-order valence-corrected chi connectivity index (χ0v) is 15.2. The Balaban J connectivity index is 1.62. The molecule has 8 nitrogen and oxygen atoms in total. The van der Waals surface area contributed by atoms with Crippen molar-refractivity contribution in [1.29, 1.82) is 0 Å². The number of fused-ring (bicyclic) bond motifs is 1. The van der Waals surface area contributed by atoms with Gasteiger partial charge in [-0.05, 0) is 18.2 Å². The number of imide groups is 1. The first kappa shape index (κ1) is 17.9. The molecule has 0 radical (unpaired) electrons. The molecular weight excluding hydrogens is 367 g/mol. The molecule has 2 heterocycles. The molecule has 0 aliphatic carbocycles. The van der Waals surface area contributed by atoms with Gasteiger partial charge in [0, 0.05) is 11.6 Å². The van der Waals surface area contributed by atoms with E-state index in [1.54, 1.807) is 36.4 Å². The van der Waals surface area contributed by atoms with Crippen molar-refractivity contribution in [2.45, 2.75) is 18.6 Å². The highest BCUT2D eigenvalue weighted by Crippen LogP contribution is 2.37. The Hall–Kier alpha value is -3.49. The molecule has 2 atom stereocenters. The van der Waals surface area contributed by atoms with Crippen LogP contribution in [0.1, 0.15) is 5.56 Å². The number of amides is 2. The molecule has 0 spiro atoms. The van der Waals surface area contributed by atoms with Gasteiger partial charge in [-0.1, -0.05) is 23.4 Å². The number of methoxy groups -OCH3 is 2. The van der Waals surface area contributed by atoms with Crippen molar-refractivity contribution in [3.8, 4) is 11.5 Å². The summed E-state index contributed by atoms with van der Waals surface area (Å²) in [5.74, 6) is -0.492. The van der Waals surface area contributed by atoms with E-state index in [1.165, 1.54) is 25.3 Å². The van der Waals surface area contributed by atoms with Gasteiger partial charge >= 0.3 is 0 Å². The number of hydrogen-bond donors (Lipinski definition) is 0. The van der Waals surface area contributed by atoms with Gasteiger partial charge < -0.3 is 9.47 Å². The average molecular weight is 384 g/mol. The zero-order valence-electron chi connectivity index (χ0n) is 15.2. The summed E-state index contributed by atoms with van der Waals surface area (Å²) >= 11 is 0. The lowest BCUT2D eigenvalue weighted by molar-refractivity contribution is -0.123. The van der Waals surface area contributed by atoms with Crippen LogP contribution in [0.2, 0.25) is 0 Å². The van der Waals surface area contributed by atoms with Crippen LogP contribution in [-0.2, 0) is 16.1 Å². The van der Waals surface area contributed by atoms with E-state index in [2.05, 4.69) is 10.3 Å². The van der Waals surface area contributed by atoms with Gasteiger partial charge in [0.25, 0.3) is 11.8 Å². The van der Waals surface area contributed by atoms with Gasteiger partial charge in [-0.3, -0.25) is 14.6 Å². The van der Waals surface area contributed by atoms with Crippen molar-refractivity contribution >= 4 is 17.5 Å². The van der Waals surface area contributed by atoms with Crippen molar-refractivity contribution in [3.63, 3.8) is 0 Å². The standard InChI is InChI=1S/C19H17FN4O4/c1-27-14-8-7-12(9-15(14)28-2)24-18(25)16-17(19(24)26)23(22-21-16)10-11-5-3-4-6-13(11)20/h3-9,16-17H,10H2,1-2H3/t16-,17-/m0/s1. The first-order chi connectivity index (χ1) is 13.5. The third kappa shape index (κ3) is 2.75. The van der Waals surface area contributed by atoms with Gasteiger partial charge in [-0.15, -0.1) is 0 Å². The van der Waals surface area contributed by atoms with E-state index < -0.39 is 29.7 Å². The first-order valence-corrected chi connectivity index (χ1v) is 8.56. The second-order valence-corrected chi connectivity index (χ2v) is 6.33. The van der Waals surface area contributed by atoms with E-state index >= 15 is 0 Å². The Morgan fingerprint density at radius 2 is 1.79 bits per heavy atom. The minimum absolute atomic E-state index is 0.0378. The fourth-order valence-electron chi connectivity index (χ4n) is 3.37. The Labute approximate surface area is 160 Å². The van der Waals surface area contributed by atoms with Gasteiger partial charge in [0.05, 0.1) is 26.5 Å². The molecule has 2 aliphatic rings. The molecule has 2 aliphatic heterocycles. The number of rotatable bonds is 5. The lowest BCUT2D eigenvalue weighted by Gasteiger charge is -2.21. The molecule has 0 aromatic heterocycles. The number of carbonyl (C=O) groups is 2. The van der Waals surface area contributed by atoms with Gasteiger partial charge in [-0.25, -0.2) is 9.29 Å². The van der Waals surface area contributed by atoms with Crippen molar-refractivity contribution in [3.05, 3.63) is 53.8 Å². The molecule has 4 rings (SSSR count). The van der Waals surface area contributed by atoms with Gasteiger partial charge in [0.15, 0.2) is 23.6 Å². The van der Waals surface area contributed by atoms with Crippen LogP contribution in [0.15, 0.2) is 52.8 Å². The molecule has 2 aromatic carbocycles. The average Bonchev–Trinajstić information content (AvgIpc) is 3.23. The molecular formula is C19H17FN4O4. The maximum absolute atomic E-state index is 14.0. The lowest BCUT2D eigenvalue weighted by Crippen LogP contribution is -2.39. The number of carbonyl (C=O) groups excluding carboxylic acids is 2. The smallest absolute Gasteiger partial charge is 0.263 e. The maximum Gasteiger partial charge on any atom is 0.263 e. The van der Waals surface area contributed by atoms with Crippen molar-refractivity contribution in [1.82, 2.24) is 5.01 Å². The molecule has 2 aromatic rings. The maximum atomic E-state index is 14.0. The summed E-state index contributed by atoms with van der Waals surface area (Å²) in [4.78, 5) is 26.9. The second kappa shape index (κ2) is 6.91. The summed E-state index contributed by atoms with van der Waals surface area (Å²) in [6.07, 6.45) is 0. The van der Waals surface area contributed by atoms with Crippen LogP contribution < -0.4 is 14.4 Å². The zero-order chi connectivity index (χ0) is 19.8. The molecule has 0 bridgehead atoms. The van der Waals surface area contributed by atoms with Crippen molar-refractivity contribution in [2.24, 2.45) is 10.3 Å². The van der Waals surface area contributed by atoms with E-state index in [-0.39, 0.29) is 6.54 Å². The monoisotopic (exact) mass is 384 g/mol. The molecule has 1 saturated heterocycles. The fourth-order valence-corrected chi connectivity index (χ4v) is 3.37. The molecule has 144 valence electrons. The lowest BCUT2D eigenvalue weighted by atomic mass is 10.1. The fraction of sp³-hybridized carbons (Fsp3) is 0.263. The van der Waals surface area contributed by atoms with Crippen molar-refractivity contribution < 1.29 is 23.5 Å². The number of anilines is 1. The summed E-state index contributed by atoms with van der Waals surface area (Å²) in [5, 5.41) is 9.23. The predicted molar refractivity (Wildman–Crippen MR) is 96.4 cm³/mol. The van der Waals surface area contributed by atoms with Crippen LogP contribution in [0, 0.1) is 5.82 Å². The van der Waals surface area contributed by atoms with Crippen LogP contribution in [0.5, 0.6) is 11.5 Å². The third-order valence-corrected chi connectivity index (χ3v) is 4.77. The first-order valence-electron chi connectivity index (χ1n) is 8.56. The molecule has 2 amide bonds. The summed E-state index contributed by atoms with van der Waals surface area (Å²) in [6, 6.07) is 9.11. The quantitative estimate of drug-likeness (QED) is 0.739. The van der Waals surface area contributed by atoms with E-state index in [1.807, 2.05) is 0 Å². The largest absolute Gasteiger partial charge is 0.493 e. The SMILES string of the molecule is COc1ccc(N2C(=O)[C@H]3N=NN(Cc4ccccc4F)[C@@H]3C2=O)cc1OC. The normalized spacial score (nSPS) is 20.7. The van der Waals surface area contributed by atoms with Gasteiger partial charge in [-0.2, -0.15) is 5.11 Å². The van der Waals surface area contributed by atoms with Crippen LogP contribution >= 0.6 is 0 Å². The highest BCUT2D eigenvalue weighted by Gasteiger charge is 2.54.